The number of carboxylic acids is 1. The fourth-order valence-corrected chi connectivity index (χ4v) is 4.42. The van der Waals surface area contributed by atoms with E-state index in [0.29, 0.717) is 72.6 Å². The minimum absolute atomic E-state index is 0.203. The van der Waals surface area contributed by atoms with E-state index in [-0.39, 0.29) is 18.8 Å². The highest BCUT2D eigenvalue weighted by atomic mass is 16.7. The second kappa shape index (κ2) is 35.8. The SMILES string of the molecule is O=C(O)CCCCNCCCCCNCCCOCCOCCOCCOCCOCCC(=O)ON1CCNCCNCCNCC1. The van der Waals surface area contributed by atoms with Gasteiger partial charge in [-0.05, 0) is 58.3 Å². The summed E-state index contributed by atoms with van der Waals surface area (Å²) in [6.07, 6.45) is 6.60. The Kier molecular flexibility index (Phi) is 33.1. The number of hydrogen-bond acceptors (Lipinski definition) is 14. The number of hydrogen-bond donors (Lipinski definition) is 6. The molecule has 6 N–H and O–H groups in total. The molecule has 47 heavy (non-hydrogen) atoms. The van der Waals surface area contributed by atoms with E-state index in [9.17, 15) is 9.59 Å². The Hall–Kier alpha value is -1.50. The van der Waals surface area contributed by atoms with Gasteiger partial charge in [-0.2, -0.15) is 0 Å². The van der Waals surface area contributed by atoms with Crippen molar-refractivity contribution in [1.29, 1.82) is 0 Å². The van der Waals surface area contributed by atoms with Crippen molar-refractivity contribution in [2.45, 2.75) is 51.4 Å². The van der Waals surface area contributed by atoms with Crippen LogP contribution in [0.5, 0.6) is 0 Å². The van der Waals surface area contributed by atoms with Gasteiger partial charge in [0.2, 0.25) is 0 Å². The predicted octanol–water partition coefficient (Wildman–Crippen LogP) is -0.00340. The van der Waals surface area contributed by atoms with Gasteiger partial charge in [0.1, 0.15) is 0 Å². The standard InChI is InChI=1S/C32H66N6O9/c39-31(40)7-2-5-11-33-9-3-1-4-10-34-12-6-21-42-23-25-44-27-29-46-30-28-45-26-24-43-22-8-32(41)47-38-19-17-36-15-13-35-14-16-37-18-20-38/h33-37H,1-30H2,(H,39,40). The van der Waals surface area contributed by atoms with Gasteiger partial charge in [-0.1, -0.05) is 6.42 Å². The van der Waals surface area contributed by atoms with Crippen molar-refractivity contribution in [3.63, 3.8) is 0 Å². The lowest BCUT2D eigenvalue weighted by Crippen LogP contribution is -2.42. The van der Waals surface area contributed by atoms with Crippen LogP contribution in [-0.4, -0.2) is 167 Å². The molecule has 0 aromatic carbocycles. The number of carboxylic acid groups (broad SMARTS) is 1. The molecule has 0 bridgehead atoms. The molecular formula is C32H66N6O9. The maximum Gasteiger partial charge on any atom is 0.327 e. The predicted molar refractivity (Wildman–Crippen MR) is 181 cm³/mol. The molecule has 278 valence electrons. The molecule has 0 aromatic heterocycles. The Morgan fingerprint density at radius 2 is 0.936 bits per heavy atom. The first-order chi connectivity index (χ1) is 23.2. The van der Waals surface area contributed by atoms with Crippen LogP contribution >= 0.6 is 0 Å². The van der Waals surface area contributed by atoms with Crippen molar-refractivity contribution in [1.82, 2.24) is 31.6 Å². The smallest absolute Gasteiger partial charge is 0.327 e. The molecule has 1 heterocycles. The molecule has 1 aliphatic heterocycles. The van der Waals surface area contributed by atoms with Gasteiger partial charge >= 0.3 is 11.9 Å². The molecule has 0 radical (unpaired) electrons. The van der Waals surface area contributed by atoms with Crippen LogP contribution < -0.4 is 26.6 Å². The highest BCUT2D eigenvalue weighted by Gasteiger charge is 2.12. The molecule has 0 spiro atoms. The van der Waals surface area contributed by atoms with Gasteiger partial charge in [0.05, 0.1) is 65.9 Å². The van der Waals surface area contributed by atoms with Crippen LogP contribution in [0.1, 0.15) is 51.4 Å². The summed E-state index contributed by atoms with van der Waals surface area (Å²) >= 11 is 0. The second-order valence-corrected chi connectivity index (χ2v) is 11.2. The molecule has 15 heteroatoms. The zero-order valence-corrected chi connectivity index (χ0v) is 28.9. The molecule has 0 amide bonds. The summed E-state index contributed by atoms with van der Waals surface area (Å²) in [4.78, 5) is 28.1. The largest absolute Gasteiger partial charge is 0.481 e. The second-order valence-electron chi connectivity index (χ2n) is 11.2. The maximum atomic E-state index is 12.2. The third-order valence-electron chi connectivity index (χ3n) is 7.05. The Labute approximate surface area is 282 Å². The van der Waals surface area contributed by atoms with Crippen LogP contribution in [0.4, 0.5) is 0 Å². The van der Waals surface area contributed by atoms with E-state index >= 15 is 0 Å². The first-order valence-corrected chi connectivity index (χ1v) is 17.8. The maximum absolute atomic E-state index is 12.2. The molecule has 0 unspecified atom stereocenters. The molecular weight excluding hydrogens is 612 g/mol. The average Bonchev–Trinajstić information content (AvgIpc) is 3.05. The molecule has 0 aliphatic carbocycles. The summed E-state index contributed by atoms with van der Waals surface area (Å²) in [5.74, 6) is -1.00. The summed E-state index contributed by atoms with van der Waals surface area (Å²) in [5.41, 5.74) is 0. The number of nitrogens with one attached hydrogen (secondary N) is 5. The zero-order chi connectivity index (χ0) is 33.7. The lowest BCUT2D eigenvalue weighted by Gasteiger charge is -2.22. The van der Waals surface area contributed by atoms with E-state index in [1.807, 2.05) is 0 Å². The van der Waals surface area contributed by atoms with Gasteiger partial charge < -0.3 is 60.2 Å². The monoisotopic (exact) mass is 678 g/mol. The van der Waals surface area contributed by atoms with E-state index < -0.39 is 5.97 Å². The Balaban J connectivity index is 1.73. The Morgan fingerprint density at radius 1 is 0.511 bits per heavy atom. The van der Waals surface area contributed by atoms with E-state index in [0.717, 1.165) is 104 Å². The number of unbranched alkanes of at least 4 members (excludes halogenated alkanes) is 3. The van der Waals surface area contributed by atoms with Crippen molar-refractivity contribution in [2.75, 3.05) is 145 Å². The first kappa shape index (κ1) is 43.5. The Bertz CT molecular complexity index is 687. The highest BCUT2D eigenvalue weighted by molar-refractivity contribution is 5.69. The molecule has 0 atom stereocenters. The van der Waals surface area contributed by atoms with Crippen LogP contribution in [0.25, 0.3) is 0 Å². The third kappa shape index (κ3) is 34.2. The molecule has 0 saturated carbocycles. The molecule has 1 rings (SSSR count). The van der Waals surface area contributed by atoms with E-state index in [1.54, 1.807) is 5.06 Å². The summed E-state index contributed by atoms with van der Waals surface area (Å²) in [5, 5.41) is 27.2. The number of nitrogens with zero attached hydrogens (tertiary/aromatic N) is 1. The number of carbonyl (C=O) groups is 2. The normalized spacial score (nSPS) is 15.2. The number of rotatable bonds is 31. The number of hydroxylamine groups is 2. The average molecular weight is 679 g/mol. The zero-order valence-electron chi connectivity index (χ0n) is 28.9. The van der Waals surface area contributed by atoms with Crippen LogP contribution in [0.3, 0.4) is 0 Å². The third-order valence-corrected chi connectivity index (χ3v) is 7.05. The highest BCUT2D eigenvalue weighted by Crippen LogP contribution is 1.97. The molecule has 0 aromatic rings. The van der Waals surface area contributed by atoms with E-state index in [4.69, 9.17) is 33.6 Å². The topological polar surface area (TPSA) is 173 Å². The molecule has 15 nitrogen and oxygen atoms in total. The number of ether oxygens (including phenoxy) is 5. The van der Waals surface area contributed by atoms with Gasteiger partial charge in [0, 0.05) is 65.4 Å². The molecule has 1 aliphatic rings. The van der Waals surface area contributed by atoms with Crippen molar-refractivity contribution >= 4 is 11.9 Å². The minimum Gasteiger partial charge on any atom is -0.481 e. The van der Waals surface area contributed by atoms with Gasteiger partial charge in [-0.15, -0.1) is 5.06 Å². The van der Waals surface area contributed by atoms with E-state index in [2.05, 4.69) is 26.6 Å². The number of carbonyl (C=O) groups excluding carboxylic acids is 1. The van der Waals surface area contributed by atoms with Gasteiger partial charge in [-0.3, -0.25) is 9.59 Å². The summed E-state index contributed by atoms with van der Waals surface area (Å²) in [6.45, 7) is 15.3. The lowest BCUT2D eigenvalue weighted by molar-refractivity contribution is -0.191. The fourth-order valence-electron chi connectivity index (χ4n) is 4.42. The molecule has 1 saturated heterocycles. The summed E-state index contributed by atoms with van der Waals surface area (Å²) in [7, 11) is 0. The first-order valence-electron chi connectivity index (χ1n) is 17.8. The van der Waals surface area contributed by atoms with Crippen molar-refractivity contribution < 1.29 is 43.2 Å². The van der Waals surface area contributed by atoms with Gasteiger partial charge in [0.15, 0.2) is 0 Å². The summed E-state index contributed by atoms with van der Waals surface area (Å²) < 4.78 is 27.6. The lowest BCUT2D eigenvalue weighted by atomic mass is 10.2. The Morgan fingerprint density at radius 3 is 1.45 bits per heavy atom. The summed E-state index contributed by atoms with van der Waals surface area (Å²) in [6, 6.07) is 0. The van der Waals surface area contributed by atoms with Gasteiger partial charge in [0.25, 0.3) is 0 Å². The van der Waals surface area contributed by atoms with Crippen molar-refractivity contribution in [3.05, 3.63) is 0 Å². The minimum atomic E-state index is -0.714. The quantitative estimate of drug-likeness (QED) is 0.0541. The van der Waals surface area contributed by atoms with Crippen molar-refractivity contribution in [3.8, 4) is 0 Å². The molecule has 1 fully saturated rings. The number of aliphatic carboxylic acids is 1. The van der Waals surface area contributed by atoms with Crippen LogP contribution in [-0.2, 0) is 38.1 Å². The van der Waals surface area contributed by atoms with Crippen LogP contribution in [0, 0.1) is 0 Å². The fraction of sp³-hybridized carbons (Fsp3) is 0.938. The van der Waals surface area contributed by atoms with Crippen LogP contribution in [0.15, 0.2) is 0 Å². The van der Waals surface area contributed by atoms with Crippen LogP contribution in [0.2, 0.25) is 0 Å². The van der Waals surface area contributed by atoms with Crippen molar-refractivity contribution in [2.24, 2.45) is 0 Å². The van der Waals surface area contributed by atoms with Gasteiger partial charge in [-0.25, -0.2) is 0 Å². The van der Waals surface area contributed by atoms with E-state index in [1.165, 1.54) is 6.42 Å².